The highest BCUT2D eigenvalue weighted by Crippen LogP contribution is 2.16. The van der Waals surface area contributed by atoms with Crippen LogP contribution in [0.3, 0.4) is 0 Å². The van der Waals surface area contributed by atoms with Crippen molar-refractivity contribution < 1.29 is 0 Å². The maximum absolute atomic E-state index is 3.89. The van der Waals surface area contributed by atoms with E-state index in [1.165, 1.54) is 5.70 Å². The summed E-state index contributed by atoms with van der Waals surface area (Å²) >= 11 is 0. The third kappa shape index (κ3) is 2.79. The molecule has 0 amide bonds. The number of hydrogen-bond acceptors (Lipinski definition) is 1. The normalized spacial score (nSPS) is 12.0. The van der Waals surface area contributed by atoms with Crippen molar-refractivity contribution in [2.45, 2.75) is 27.7 Å². The smallest absolute Gasteiger partial charge is 0.0156 e. The van der Waals surface area contributed by atoms with E-state index in [4.69, 9.17) is 0 Å². The van der Waals surface area contributed by atoms with E-state index >= 15 is 0 Å². The van der Waals surface area contributed by atoms with Crippen LogP contribution in [0.25, 0.3) is 0 Å². The average Bonchev–Trinajstić information content (AvgIpc) is 1.88. The quantitative estimate of drug-likeness (QED) is 0.602. The lowest BCUT2D eigenvalue weighted by Crippen LogP contribution is -2.18. The van der Waals surface area contributed by atoms with Gasteiger partial charge in [-0.1, -0.05) is 26.5 Å². The Bertz CT molecular complexity index is 166. The molecule has 0 spiro atoms. The fraction of sp³-hybridized carbons (Fsp3) is 0.600. The van der Waals surface area contributed by atoms with Gasteiger partial charge < -0.3 is 4.90 Å². The molecule has 0 aromatic rings. The van der Waals surface area contributed by atoms with Crippen molar-refractivity contribution in [1.82, 2.24) is 4.90 Å². The monoisotopic (exact) mass is 153 g/mol. The first-order chi connectivity index (χ1) is 5.00. The minimum absolute atomic E-state index is 0.571. The molecule has 0 bridgehead atoms. The van der Waals surface area contributed by atoms with Crippen molar-refractivity contribution in [3.05, 3.63) is 24.0 Å². The maximum Gasteiger partial charge on any atom is 0.0156 e. The fourth-order valence-corrected chi connectivity index (χ4v) is 1.13. The Labute approximate surface area is 70.4 Å². The molecule has 0 aliphatic rings. The van der Waals surface area contributed by atoms with Gasteiger partial charge in [-0.3, -0.25) is 0 Å². The van der Waals surface area contributed by atoms with E-state index < -0.39 is 0 Å². The molecule has 0 rings (SSSR count). The Morgan fingerprint density at radius 2 is 1.91 bits per heavy atom. The van der Waals surface area contributed by atoms with Crippen LogP contribution in [0.2, 0.25) is 0 Å². The largest absolute Gasteiger partial charge is 0.353 e. The van der Waals surface area contributed by atoms with Gasteiger partial charge in [-0.05, 0) is 19.8 Å². The van der Waals surface area contributed by atoms with Gasteiger partial charge in [-0.15, -0.1) is 0 Å². The zero-order valence-electron chi connectivity index (χ0n) is 8.31. The molecule has 0 aliphatic heterocycles. The Morgan fingerprint density at radius 3 is 2.00 bits per heavy atom. The number of allylic oxidation sites excluding steroid dienone is 3. The van der Waals surface area contributed by atoms with Crippen molar-refractivity contribution in [2.24, 2.45) is 5.92 Å². The Balaban J connectivity index is 4.41. The van der Waals surface area contributed by atoms with Gasteiger partial charge in [-0.25, -0.2) is 0 Å². The summed E-state index contributed by atoms with van der Waals surface area (Å²) in [4.78, 5) is 2.13. The minimum atomic E-state index is 0.571. The van der Waals surface area contributed by atoms with Crippen molar-refractivity contribution in [1.29, 1.82) is 0 Å². The van der Waals surface area contributed by atoms with Gasteiger partial charge in [0.05, 0.1) is 0 Å². The molecular formula is C10H19N. The first-order valence-electron chi connectivity index (χ1n) is 4.06. The van der Waals surface area contributed by atoms with Crippen LogP contribution in [0.15, 0.2) is 24.0 Å². The molecule has 1 heteroatoms. The predicted octanol–water partition coefficient (Wildman–Crippen LogP) is 3.01. The second-order valence-electron chi connectivity index (χ2n) is 3.16. The molecular weight excluding hydrogens is 134 g/mol. The second kappa shape index (κ2) is 4.22. The Morgan fingerprint density at radius 1 is 1.45 bits per heavy atom. The van der Waals surface area contributed by atoms with E-state index in [1.54, 1.807) is 0 Å². The van der Waals surface area contributed by atoms with Gasteiger partial charge in [0.1, 0.15) is 0 Å². The van der Waals surface area contributed by atoms with Gasteiger partial charge in [0.25, 0.3) is 0 Å². The highest BCUT2D eigenvalue weighted by atomic mass is 15.1. The van der Waals surface area contributed by atoms with Crippen molar-refractivity contribution >= 4 is 0 Å². The van der Waals surface area contributed by atoms with Crippen molar-refractivity contribution in [2.75, 3.05) is 7.05 Å². The molecule has 1 nitrogen and oxygen atoms in total. The molecule has 0 saturated heterocycles. The lowest BCUT2D eigenvalue weighted by molar-refractivity contribution is 0.455. The third-order valence-electron chi connectivity index (χ3n) is 1.85. The van der Waals surface area contributed by atoms with Gasteiger partial charge in [0.2, 0.25) is 0 Å². The first kappa shape index (κ1) is 10.3. The summed E-state index contributed by atoms with van der Waals surface area (Å²) in [5, 5.41) is 0. The summed E-state index contributed by atoms with van der Waals surface area (Å²) < 4.78 is 0. The summed E-state index contributed by atoms with van der Waals surface area (Å²) in [6.07, 6.45) is 2.14. The van der Waals surface area contributed by atoms with E-state index in [-0.39, 0.29) is 0 Å². The number of rotatable bonds is 3. The summed E-state index contributed by atoms with van der Waals surface area (Å²) in [6, 6.07) is 0. The average molecular weight is 153 g/mol. The molecule has 0 radical (unpaired) electrons. The molecule has 11 heavy (non-hydrogen) atoms. The lowest BCUT2D eigenvalue weighted by atomic mass is 10.1. The summed E-state index contributed by atoms with van der Waals surface area (Å²) in [5.41, 5.74) is 2.42. The molecule has 0 saturated carbocycles. The highest BCUT2D eigenvalue weighted by molar-refractivity contribution is 5.08. The maximum atomic E-state index is 3.89. The highest BCUT2D eigenvalue weighted by Gasteiger charge is 2.07. The van der Waals surface area contributed by atoms with Crippen LogP contribution < -0.4 is 0 Å². The topological polar surface area (TPSA) is 3.24 Å². The van der Waals surface area contributed by atoms with Crippen LogP contribution in [0.1, 0.15) is 27.7 Å². The van der Waals surface area contributed by atoms with Crippen LogP contribution >= 0.6 is 0 Å². The van der Waals surface area contributed by atoms with Crippen LogP contribution in [0.4, 0.5) is 0 Å². The lowest BCUT2D eigenvalue weighted by Gasteiger charge is -2.25. The minimum Gasteiger partial charge on any atom is -0.353 e. The van der Waals surface area contributed by atoms with E-state index in [1.807, 2.05) is 6.92 Å². The van der Waals surface area contributed by atoms with E-state index in [9.17, 15) is 0 Å². The van der Waals surface area contributed by atoms with E-state index in [0.29, 0.717) is 5.92 Å². The van der Waals surface area contributed by atoms with Crippen molar-refractivity contribution in [3.8, 4) is 0 Å². The molecule has 0 N–H and O–H groups in total. The number of hydrogen-bond donors (Lipinski definition) is 0. The Hall–Kier alpha value is -0.720. The predicted molar refractivity (Wildman–Crippen MR) is 51.2 cm³/mol. The van der Waals surface area contributed by atoms with Gasteiger partial charge in [-0.2, -0.15) is 0 Å². The standard InChI is InChI=1S/C10H19N/c1-7-10(8(2)3)11(6)9(4)5/h7-8H,4H2,1-3,5-6H3/b10-7-. The van der Waals surface area contributed by atoms with Crippen LogP contribution in [-0.2, 0) is 0 Å². The SMILES string of the molecule is C=C(C)N(C)/C(=C\C)C(C)C. The van der Waals surface area contributed by atoms with E-state index in [2.05, 4.69) is 45.4 Å². The zero-order valence-corrected chi connectivity index (χ0v) is 8.31. The van der Waals surface area contributed by atoms with Gasteiger partial charge >= 0.3 is 0 Å². The van der Waals surface area contributed by atoms with Crippen molar-refractivity contribution in [3.63, 3.8) is 0 Å². The third-order valence-corrected chi connectivity index (χ3v) is 1.85. The van der Waals surface area contributed by atoms with Gasteiger partial charge in [0.15, 0.2) is 0 Å². The molecule has 0 aromatic carbocycles. The van der Waals surface area contributed by atoms with Crippen LogP contribution in [0.5, 0.6) is 0 Å². The molecule has 0 aliphatic carbocycles. The molecule has 0 atom stereocenters. The Kier molecular flexibility index (Phi) is 3.94. The summed E-state index contributed by atoms with van der Waals surface area (Å²) in [5.74, 6) is 0.571. The number of nitrogens with zero attached hydrogens (tertiary/aromatic N) is 1. The fourth-order valence-electron chi connectivity index (χ4n) is 1.13. The second-order valence-corrected chi connectivity index (χ2v) is 3.16. The molecule has 64 valence electrons. The molecule has 0 aromatic heterocycles. The van der Waals surface area contributed by atoms with Gasteiger partial charge in [0, 0.05) is 18.4 Å². The summed E-state index contributed by atoms with van der Waals surface area (Å²) in [6.45, 7) is 12.4. The molecule has 0 unspecified atom stereocenters. The molecule has 0 heterocycles. The first-order valence-corrected chi connectivity index (χ1v) is 4.06. The van der Waals surface area contributed by atoms with E-state index in [0.717, 1.165) is 5.70 Å². The zero-order chi connectivity index (χ0) is 9.02. The molecule has 0 fully saturated rings. The van der Waals surface area contributed by atoms with Crippen LogP contribution in [-0.4, -0.2) is 11.9 Å². The summed E-state index contributed by atoms with van der Waals surface area (Å²) in [7, 11) is 2.05. The van der Waals surface area contributed by atoms with Crippen LogP contribution in [0, 0.1) is 5.92 Å².